The van der Waals surface area contributed by atoms with Crippen LogP contribution in [0.1, 0.15) is 12.7 Å². The molecule has 0 bridgehead atoms. The smallest absolute Gasteiger partial charge is 0.327 e. The minimum absolute atomic E-state index is 0.136. The van der Waals surface area contributed by atoms with Gasteiger partial charge in [0.05, 0.1) is 18.2 Å². The number of rotatable bonds is 3. The van der Waals surface area contributed by atoms with E-state index in [1.54, 1.807) is 12.1 Å². The molecule has 6 nitrogen and oxygen atoms in total. The summed E-state index contributed by atoms with van der Waals surface area (Å²) in [4.78, 5) is 24.4. The average Bonchev–Trinajstić information content (AvgIpc) is 2.94. The molecule has 2 unspecified atom stereocenters. The van der Waals surface area contributed by atoms with Crippen LogP contribution in [-0.4, -0.2) is 39.2 Å². The number of carbonyl (C=O) groups is 2. The number of carboxylic acids is 1. The van der Waals surface area contributed by atoms with Gasteiger partial charge in [-0.15, -0.1) is 11.8 Å². The van der Waals surface area contributed by atoms with Gasteiger partial charge in [-0.25, -0.2) is 9.59 Å². The topological polar surface area (TPSA) is 82.8 Å². The summed E-state index contributed by atoms with van der Waals surface area (Å²) in [5, 5.41) is 11.6. The molecule has 0 saturated carbocycles. The van der Waals surface area contributed by atoms with Crippen molar-refractivity contribution < 1.29 is 19.1 Å². The largest absolute Gasteiger partial charge is 0.480 e. The third-order valence-corrected chi connectivity index (χ3v) is 3.95. The van der Waals surface area contributed by atoms with Gasteiger partial charge in [-0.05, 0) is 19.1 Å². The third kappa shape index (κ3) is 2.61. The van der Waals surface area contributed by atoms with Crippen molar-refractivity contribution in [1.82, 2.24) is 10.2 Å². The first-order valence-corrected chi connectivity index (χ1v) is 6.57. The number of hydrogen-bond acceptors (Lipinski definition) is 4. The predicted octanol–water partition coefficient (Wildman–Crippen LogP) is 1.34. The van der Waals surface area contributed by atoms with Crippen molar-refractivity contribution in [2.24, 2.45) is 0 Å². The molecule has 18 heavy (non-hydrogen) atoms. The molecule has 1 saturated heterocycles. The molecular weight excluding hydrogens is 256 g/mol. The summed E-state index contributed by atoms with van der Waals surface area (Å²) in [6.45, 7) is 2.08. The Hall–Kier alpha value is -1.63. The molecule has 1 fully saturated rings. The Balaban J connectivity index is 1.96. The van der Waals surface area contributed by atoms with Crippen LogP contribution in [-0.2, 0) is 11.3 Å². The highest BCUT2D eigenvalue weighted by molar-refractivity contribution is 8.00. The Morgan fingerprint density at radius 2 is 2.44 bits per heavy atom. The fraction of sp³-hybridized carbons (Fsp3) is 0.455. The van der Waals surface area contributed by atoms with Gasteiger partial charge in [-0.3, -0.25) is 4.90 Å². The maximum absolute atomic E-state index is 12.0. The van der Waals surface area contributed by atoms with E-state index in [1.165, 1.54) is 22.9 Å². The van der Waals surface area contributed by atoms with Crippen LogP contribution in [0.25, 0.3) is 0 Å². The first-order chi connectivity index (χ1) is 8.59. The van der Waals surface area contributed by atoms with E-state index in [-0.39, 0.29) is 17.9 Å². The number of nitrogens with one attached hydrogen (secondary N) is 1. The molecule has 2 N–H and O–H groups in total. The average molecular weight is 270 g/mol. The van der Waals surface area contributed by atoms with Crippen LogP contribution in [0.15, 0.2) is 22.8 Å². The lowest BCUT2D eigenvalue weighted by Gasteiger charge is -2.24. The second-order valence-electron chi connectivity index (χ2n) is 3.93. The molecule has 0 aromatic carbocycles. The van der Waals surface area contributed by atoms with E-state index < -0.39 is 12.0 Å². The van der Waals surface area contributed by atoms with Crippen LogP contribution in [0.2, 0.25) is 0 Å². The summed E-state index contributed by atoms with van der Waals surface area (Å²) in [6, 6.07) is 2.34. The fourth-order valence-corrected chi connectivity index (χ4v) is 2.98. The van der Waals surface area contributed by atoms with Gasteiger partial charge in [0.2, 0.25) is 0 Å². The number of amides is 2. The van der Waals surface area contributed by atoms with Crippen LogP contribution >= 0.6 is 11.8 Å². The molecule has 0 aliphatic carbocycles. The zero-order chi connectivity index (χ0) is 13.1. The summed E-state index contributed by atoms with van der Waals surface area (Å²) in [5.74, 6) is 0.0831. The van der Waals surface area contributed by atoms with E-state index in [0.717, 1.165) is 0 Å². The molecule has 1 aliphatic heterocycles. The van der Waals surface area contributed by atoms with E-state index in [1.807, 2.05) is 6.92 Å². The zero-order valence-electron chi connectivity index (χ0n) is 9.83. The van der Waals surface area contributed by atoms with E-state index in [4.69, 9.17) is 9.52 Å². The molecule has 1 aromatic rings. The van der Waals surface area contributed by atoms with Crippen LogP contribution < -0.4 is 5.32 Å². The monoisotopic (exact) mass is 270 g/mol. The molecule has 2 amide bonds. The Morgan fingerprint density at radius 1 is 1.67 bits per heavy atom. The van der Waals surface area contributed by atoms with Crippen LogP contribution in [0.5, 0.6) is 0 Å². The minimum atomic E-state index is -0.972. The van der Waals surface area contributed by atoms with Gasteiger partial charge in [-0.1, -0.05) is 0 Å². The molecule has 2 atom stereocenters. The van der Waals surface area contributed by atoms with Crippen LogP contribution in [0, 0.1) is 0 Å². The summed E-state index contributed by atoms with van der Waals surface area (Å²) in [7, 11) is 0. The number of thioether (sulfide) groups is 1. The van der Waals surface area contributed by atoms with Crippen molar-refractivity contribution in [2.45, 2.75) is 24.9 Å². The Morgan fingerprint density at radius 3 is 3.06 bits per heavy atom. The SMILES string of the molecule is CC1SCC(C(=O)O)N1C(=O)NCc1ccco1. The number of carbonyl (C=O) groups excluding carboxylic acids is 1. The predicted molar refractivity (Wildman–Crippen MR) is 66.1 cm³/mol. The third-order valence-electron chi connectivity index (χ3n) is 2.74. The highest BCUT2D eigenvalue weighted by atomic mass is 32.2. The molecule has 1 aromatic heterocycles. The van der Waals surface area contributed by atoms with Gasteiger partial charge < -0.3 is 14.8 Å². The second kappa shape index (κ2) is 5.34. The molecule has 1 aliphatic rings. The van der Waals surface area contributed by atoms with Crippen molar-refractivity contribution in [2.75, 3.05) is 5.75 Å². The molecule has 2 heterocycles. The standard InChI is InChI=1S/C11H14N2O4S/c1-7-13(9(6-18-7)10(14)15)11(16)12-5-8-3-2-4-17-8/h2-4,7,9H,5-6H2,1H3,(H,12,16)(H,14,15). The highest BCUT2D eigenvalue weighted by Crippen LogP contribution is 2.28. The summed E-state index contributed by atoms with van der Waals surface area (Å²) >= 11 is 1.45. The van der Waals surface area contributed by atoms with E-state index >= 15 is 0 Å². The second-order valence-corrected chi connectivity index (χ2v) is 5.28. The highest BCUT2D eigenvalue weighted by Gasteiger charge is 2.39. The molecular formula is C11H14N2O4S. The molecule has 0 radical (unpaired) electrons. The maximum atomic E-state index is 12.0. The van der Waals surface area contributed by atoms with Gasteiger partial charge in [0.1, 0.15) is 11.8 Å². The van der Waals surface area contributed by atoms with E-state index in [0.29, 0.717) is 11.5 Å². The van der Waals surface area contributed by atoms with Crippen molar-refractivity contribution in [3.8, 4) is 0 Å². The van der Waals surface area contributed by atoms with Crippen LogP contribution in [0.3, 0.4) is 0 Å². The lowest BCUT2D eigenvalue weighted by atomic mass is 10.3. The maximum Gasteiger partial charge on any atom is 0.327 e. The number of nitrogens with zero attached hydrogens (tertiary/aromatic N) is 1. The number of urea groups is 1. The number of hydrogen-bond donors (Lipinski definition) is 2. The molecule has 2 rings (SSSR count). The summed E-state index contributed by atoms with van der Waals surface area (Å²) in [5.41, 5.74) is 0. The molecule has 98 valence electrons. The number of carboxylic acid groups (broad SMARTS) is 1. The Bertz CT molecular complexity index is 434. The number of aliphatic carboxylic acids is 1. The first-order valence-electron chi connectivity index (χ1n) is 5.52. The van der Waals surface area contributed by atoms with Gasteiger partial charge in [0.15, 0.2) is 0 Å². The van der Waals surface area contributed by atoms with Gasteiger partial charge in [0.25, 0.3) is 0 Å². The van der Waals surface area contributed by atoms with Crippen molar-refractivity contribution >= 4 is 23.8 Å². The van der Waals surface area contributed by atoms with Crippen molar-refractivity contribution in [1.29, 1.82) is 0 Å². The fourth-order valence-electron chi connectivity index (χ4n) is 1.81. The zero-order valence-corrected chi connectivity index (χ0v) is 10.6. The van der Waals surface area contributed by atoms with Crippen molar-refractivity contribution in [3.05, 3.63) is 24.2 Å². The minimum Gasteiger partial charge on any atom is -0.480 e. The van der Waals surface area contributed by atoms with E-state index in [2.05, 4.69) is 5.32 Å². The summed E-state index contributed by atoms with van der Waals surface area (Å²) < 4.78 is 5.09. The summed E-state index contributed by atoms with van der Waals surface area (Å²) in [6.07, 6.45) is 1.52. The van der Waals surface area contributed by atoms with Gasteiger partial charge in [0, 0.05) is 5.75 Å². The Labute approximate surface area is 108 Å². The lowest BCUT2D eigenvalue weighted by Crippen LogP contribution is -2.49. The molecule has 0 spiro atoms. The first kappa shape index (κ1) is 12.8. The van der Waals surface area contributed by atoms with Crippen LogP contribution in [0.4, 0.5) is 4.79 Å². The van der Waals surface area contributed by atoms with Gasteiger partial charge >= 0.3 is 12.0 Å². The quantitative estimate of drug-likeness (QED) is 0.866. The van der Waals surface area contributed by atoms with E-state index in [9.17, 15) is 9.59 Å². The number of furan rings is 1. The lowest BCUT2D eigenvalue weighted by molar-refractivity contribution is -0.141. The van der Waals surface area contributed by atoms with Crippen molar-refractivity contribution in [3.63, 3.8) is 0 Å². The van der Waals surface area contributed by atoms with Gasteiger partial charge in [-0.2, -0.15) is 0 Å². The Kier molecular flexibility index (Phi) is 3.81. The molecule has 7 heteroatoms. The normalized spacial score (nSPS) is 23.1.